The molecular weight excluding hydrogens is 378 g/mol. The van der Waals surface area contributed by atoms with E-state index in [1.807, 2.05) is 79.9 Å². The standard InChI is InChI=1S/C25H23NO4/c1-16-9-10-21-19(14-29-24(21)11-16)13-25(28)30-15-23(27)22-12-17(2)26(18(22)3)20-7-5-4-6-8-20/h4-12,14H,13,15H2,1-3H3. The maximum absolute atomic E-state index is 12.7. The summed E-state index contributed by atoms with van der Waals surface area (Å²) < 4.78 is 12.8. The van der Waals surface area contributed by atoms with Gasteiger partial charge < -0.3 is 13.7 Å². The van der Waals surface area contributed by atoms with Gasteiger partial charge in [-0.05, 0) is 50.6 Å². The number of para-hydroxylation sites is 1. The van der Waals surface area contributed by atoms with Crippen LogP contribution < -0.4 is 0 Å². The lowest BCUT2D eigenvalue weighted by atomic mass is 10.1. The second-order valence-electron chi connectivity index (χ2n) is 7.48. The number of aryl methyl sites for hydroxylation is 2. The molecule has 2 heterocycles. The van der Waals surface area contributed by atoms with Gasteiger partial charge in [0.1, 0.15) is 5.58 Å². The van der Waals surface area contributed by atoms with Crippen LogP contribution in [-0.2, 0) is 16.0 Å². The number of hydrogen-bond acceptors (Lipinski definition) is 4. The Labute approximate surface area is 174 Å². The molecule has 0 atom stereocenters. The quantitative estimate of drug-likeness (QED) is 0.332. The summed E-state index contributed by atoms with van der Waals surface area (Å²) in [5.74, 6) is -0.671. The molecule has 0 saturated carbocycles. The summed E-state index contributed by atoms with van der Waals surface area (Å²) in [5, 5.41) is 0.885. The molecule has 0 spiro atoms. The first-order chi connectivity index (χ1) is 14.4. The highest BCUT2D eigenvalue weighted by atomic mass is 16.5. The van der Waals surface area contributed by atoms with E-state index in [1.165, 1.54) is 0 Å². The molecule has 4 aromatic rings. The average Bonchev–Trinajstić information content (AvgIpc) is 3.26. The first kappa shape index (κ1) is 19.7. The van der Waals surface area contributed by atoms with Gasteiger partial charge in [0.15, 0.2) is 6.61 Å². The van der Waals surface area contributed by atoms with Crippen molar-refractivity contribution < 1.29 is 18.7 Å². The van der Waals surface area contributed by atoms with Crippen LogP contribution in [0.2, 0.25) is 0 Å². The van der Waals surface area contributed by atoms with Gasteiger partial charge in [-0.2, -0.15) is 0 Å². The number of Topliss-reactive ketones (excluding diaryl/α,β-unsaturated/α-hetero) is 1. The lowest BCUT2D eigenvalue weighted by Crippen LogP contribution is -2.16. The van der Waals surface area contributed by atoms with Crippen molar-refractivity contribution in [2.24, 2.45) is 0 Å². The Morgan fingerprint density at radius 3 is 2.53 bits per heavy atom. The third-order valence-electron chi connectivity index (χ3n) is 5.26. The van der Waals surface area contributed by atoms with E-state index in [1.54, 1.807) is 6.26 Å². The molecule has 5 heteroatoms. The van der Waals surface area contributed by atoms with Crippen molar-refractivity contribution in [1.29, 1.82) is 0 Å². The Balaban J connectivity index is 1.44. The number of esters is 1. The van der Waals surface area contributed by atoms with Crippen molar-refractivity contribution in [1.82, 2.24) is 4.57 Å². The van der Waals surface area contributed by atoms with Gasteiger partial charge in [-0.25, -0.2) is 0 Å². The van der Waals surface area contributed by atoms with Crippen LogP contribution in [0.4, 0.5) is 0 Å². The van der Waals surface area contributed by atoms with Gasteiger partial charge in [-0.1, -0.05) is 30.3 Å². The first-order valence-corrected chi connectivity index (χ1v) is 9.84. The third-order valence-corrected chi connectivity index (χ3v) is 5.26. The van der Waals surface area contributed by atoms with Crippen molar-refractivity contribution in [3.8, 4) is 5.69 Å². The van der Waals surface area contributed by atoms with E-state index in [2.05, 4.69) is 0 Å². The van der Waals surface area contributed by atoms with E-state index >= 15 is 0 Å². The summed E-state index contributed by atoms with van der Waals surface area (Å²) in [6.45, 7) is 5.55. The zero-order valence-corrected chi connectivity index (χ0v) is 17.3. The number of fused-ring (bicyclic) bond motifs is 1. The van der Waals surface area contributed by atoms with Crippen molar-refractivity contribution in [3.63, 3.8) is 0 Å². The van der Waals surface area contributed by atoms with Gasteiger partial charge in [0.05, 0.1) is 12.7 Å². The van der Waals surface area contributed by atoms with Gasteiger partial charge in [-0.3, -0.25) is 9.59 Å². The van der Waals surface area contributed by atoms with Crippen molar-refractivity contribution in [3.05, 3.63) is 88.9 Å². The fourth-order valence-corrected chi connectivity index (χ4v) is 3.78. The fourth-order valence-electron chi connectivity index (χ4n) is 3.78. The first-order valence-electron chi connectivity index (χ1n) is 9.84. The molecule has 0 N–H and O–H groups in total. The predicted octanol–water partition coefficient (Wildman–Crippen LogP) is 5.12. The highest BCUT2D eigenvalue weighted by molar-refractivity contribution is 5.99. The number of rotatable bonds is 6. The number of furan rings is 1. The number of ether oxygens (including phenoxy) is 1. The monoisotopic (exact) mass is 401 g/mol. The van der Waals surface area contributed by atoms with Crippen molar-refractivity contribution in [2.45, 2.75) is 27.2 Å². The molecule has 0 radical (unpaired) electrons. The molecule has 0 amide bonds. The van der Waals surface area contributed by atoms with Crippen LogP contribution in [-0.4, -0.2) is 22.9 Å². The Morgan fingerprint density at radius 2 is 1.77 bits per heavy atom. The van der Waals surface area contributed by atoms with E-state index in [-0.39, 0.29) is 18.8 Å². The van der Waals surface area contributed by atoms with Crippen LogP contribution in [0.25, 0.3) is 16.7 Å². The molecule has 0 bridgehead atoms. The van der Waals surface area contributed by atoms with Gasteiger partial charge in [0.25, 0.3) is 0 Å². The van der Waals surface area contributed by atoms with Gasteiger partial charge in [-0.15, -0.1) is 0 Å². The molecule has 2 aromatic carbocycles. The number of benzene rings is 2. The summed E-state index contributed by atoms with van der Waals surface area (Å²) in [6, 6.07) is 17.5. The van der Waals surface area contributed by atoms with Gasteiger partial charge in [0.2, 0.25) is 5.78 Å². The van der Waals surface area contributed by atoms with Gasteiger partial charge in [0, 0.05) is 33.6 Å². The number of nitrogens with zero attached hydrogens (tertiary/aromatic N) is 1. The number of ketones is 1. The SMILES string of the molecule is Cc1ccc2c(CC(=O)OCC(=O)c3cc(C)n(-c4ccccc4)c3C)coc2c1. The van der Waals surface area contributed by atoms with E-state index in [0.717, 1.165) is 39.2 Å². The summed E-state index contributed by atoms with van der Waals surface area (Å²) in [4.78, 5) is 25.0. The minimum Gasteiger partial charge on any atom is -0.464 e. The van der Waals surface area contributed by atoms with Crippen LogP contribution in [0.5, 0.6) is 0 Å². The Bertz CT molecular complexity index is 1230. The van der Waals surface area contributed by atoms with E-state index in [4.69, 9.17) is 9.15 Å². The highest BCUT2D eigenvalue weighted by Crippen LogP contribution is 2.24. The van der Waals surface area contributed by atoms with E-state index in [0.29, 0.717) is 5.56 Å². The number of aromatic nitrogens is 1. The molecule has 0 fully saturated rings. The van der Waals surface area contributed by atoms with Crippen LogP contribution >= 0.6 is 0 Å². The molecule has 152 valence electrons. The molecule has 30 heavy (non-hydrogen) atoms. The second kappa shape index (κ2) is 8.03. The number of carbonyl (C=O) groups is 2. The van der Waals surface area contributed by atoms with Crippen molar-refractivity contribution in [2.75, 3.05) is 6.61 Å². The zero-order valence-electron chi connectivity index (χ0n) is 17.3. The third kappa shape index (κ3) is 3.79. The van der Waals surface area contributed by atoms with Crippen LogP contribution in [0, 0.1) is 20.8 Å². The summed E-state index contributed by atoms with van der Waals surface area (Å²) in [6.07, 6.45) is 1.63. The Kier molecular flexibility index (Phi) is 5.27. The second-order valence-corrected chi connectivity index (χ2v) is 7.48. The number of hydrogen-bond donors (Lipinski definition) is 0. The summed E-state index contributed by atoms with van der Waals surface area (Å²) in [7, 11) is 0. The minimum absolute atomic E-state index is 0.0619. The summed E-state index contributed by atoms with van der Waals surface area (Å²) in [5.41, 5.74) is 5.92. The maximum atomic E-state index is 12.7. The smallest absolute Gasteiger partial charge is 0.310 e. The Hall–Kier alpha value is -3.60. The molecule has 5 nitrogen and oxygen atoms in total. The largest absolute Gasteiger partial charge is 0.464 e. The maximum Gasteiger partial charge on any atom is 0.310 e. The average molecular weight is 401 g/mol. The molecule has 0 aliphatic carbocycles. The fraction of sp³-hybridized carbons (Fsp3) is 0.200. The zero-order chi connectivity index (χ0) is 21.3. The van der Waals surface area contributed by atoms with Crippen LogP contribution in [0.3, 0.4) is 0 Å². The van der Waals surface area contributed by atoms with Crippen LogP contribution in [0.1, 0.15) is 32.9 Å². The molecule has 0 unspecified atom stereocenters. The minimum atomic E-state index is -0.455. The molecule has 0 saturated heterocycles. The Morgan fingerprint density at radius 1 is 1.00 bits per heavy atom. The van der Waals surface area contributed by atoms with E-state index in [9.17, 15) is 9.59 Å². The summed E-state index contributed by atoms with van der Waals surface area (Å²) >= 11 is 0. The molecule has 4 rings (SSSR count). The van der Waals surface area contributed by atoms with E-state index < -0.39 is 5.97 Å². The molecular formula is C25H23NO4. The normalized spacial score (nSPS) is 11.0. The van der Waals surface area contributed by atoms with Crippen LogP contribution in [0.15, 0.2) is 65.3 Å². The lowest BCUT2D eigenvalue weighted by Gasteiger charge is -2.09. The lowest BCUT2D eigenvalue weighted by molar-refractivity contribution is -0.141. The topological polar surface area (TPSA) is 61.4 Å². The predicted molar refractivity (Wildman–Crippen MR) is 115 cm³/mol. The molecule has 0 aliphatic rings. The number of carbonyl (C=O) groups excluding carboxylic acids is 2. The molecule has 0 aliphatic heterocycles. The van der Waals surface area contributed by atoms with Gasteiger partial charge >= 0.3 is 5.97 Å². The highest BCUT2D eigenvalue weighted by Gasteiger charge is 2.19. The molecule has 2 aromatic heterocycles. The van der Waals surface area contributed by atoms with Crippen molar-refractivity contribution >= 4 is 22.7 Å².